The van der Waals surface area contributed by atoms with E-state index in [1.165, 1.54) is 27.8 Å². The number of hydrogen-bond donors (Lipinski definition) is 2. The maximum absolute atomic E-state index is 5.64. The Bertz CT molecular complexity index is 903. The monoisotopic (exact) mass is 360 g/mol. The minimum atomic E-state index is 0.00233. The van der Waals surface area contributed by atoms with Crippen LogP contribution < -0.4 is 10.6 Å². The number of rotatable bonds is 4. The summed E-state index contributed by atoms with van der Waals surface area (Å²) in [5, 5.41) is 7.49. The fourth-order valence-corrected chi connectivity index (χ4v) is 3.28. The lowest BCUT2D eigenvalue weighted by Gasteiger charge is -2.24. The zero-order valence-electron chi connectivity index (χ0n) is 15.4. The zero-order chi connectivity index (χ0) is 18.5. The van der Waals surface area contributed by atoms with Crippen LogP contribution >= 0.6 is 12.2 Å². The third-order valence-electron chi connectivity index (χ3n) is 4.55. The van der Waals surface area contributed by atoms with Crippen molar-refractivity contribution in [1.82, 2.24) is 5.32 Å². The first-order chi connectivity index (χ1) is 12.5. The van der Waals surface area contributed by atoms with Crippen molar-refractivity contribution >= 4 is 23.0 Å². The van der Waals surface area contributed by atoms with Gasteiger partial charge in [-0.3, -0.25) is 0 Å². The quantitative estimate of drug-likeness (QED) is 0.585. The van der Waals surface area contributed by atoms with E-state index in [2.05, 4.69) is 98.1 Å². The molecule has 0 aromatic heterocycles. The summed E-state index contributed by atoms with van der Waals surface area (Å²) in [7, 11) is 0. The number of aryl methyl sites for hydroxylation is 3. The van der Waals surface area contributed by atoms with Gasteiger partial charge in [-0.25, -0.2) is 0 Å². The van der Waals surface area contributed by atoms with E-state index in [0.29, 0.717) is 5.11 Å². The molecule has 1 atom stereocenters. The Balaban J connectivity index is 1.87. The predicted octanol–water partition coefficient (Wildman–Crippen LogP) is 5.69. The lowest BCUT2D eigenvalue weighted by molar-refractivity contribution is 0.762. The molecule has 3 heteroatoms. The van der Waals surface area contributed by atoms with Gasteiger partial charge in [0.05, 0.1) is 6.04 Å². The van der Waals surface area contributed by atoms with Gasteiger partial charge in [0, 0.05) is 5.69 Å². The minimum absolute atomic E-state index is 0.00233. The predicted molar refractivity (Wildman–Crippen MR) is 115 cm³/mol. The van der Waals surface area contributed by atoms with Gasteiger partial charge in [-0.1, -0.05) is 66.7 Å². The Morgan fingerprint density at radius 2 is 1.50 bits per heavy atom. The number of thiocarbonyl (C=S) groups is 1. The van der Waals surface area contributed by atoms with Crippen LogP contribution in [-0.2, 0) is 0 Å². The summed E-state index contributed by atoms with van der Waals surface area (Å²) in [5.74, 6) is 0. The van der Waals surface area contributed by atoms with Gasteiger partial charge in [-0.15, -0.1) is 0 Å². The minimum Gasteiger partial charge on any atom is -0.352 e. The van der Waals surface area contributed by atoms with Crippen molar-refractivity contribution in [2.24, 2.45) is 0 Å². The Kier molecular flexibility index (Phi) is 5.69. The van der Waals surface area contributed by atoms with Crippen LogP contribution in [0.25, 0.3) is 0 Å². The van der Waals surface area contributed by atoms with E-state index in [1.807, 2.05) is 6.07 Å². The highest BCUT2D eigenvalue weighted by atomic mass is 32.1. The molecule has 3 rings (SSSR count). The molecule has 0 bridgehead atoms. The molecule has 0 fully saturated rings. The Morgan fingerprint density at radius 3 is 2.23 bits per heavy atom. The molecule has 0 aliphatic carbocycles. The van der Waals surface area contributed by atoms with Crippen molar-refractivity contribution in [1.29, 1.82) is 0 Å². The van der Waals surface area contributed by atoms with Gasteiger partial charge in [-0.2, -0.15) is 0 Å². The van der Waals surface area contributed by atoms with Crippen molar-refractivity contribution in [3.63, 3.8) is 0 Å². The van der Waals surface area contributed by atoms with Gasteiger partial charge in [0.2, 0.25) is 0 Å². The van der Waals surface area contributed by atoms with Gasteiger partial charge < -0.3 is 10.6 Å². The van der Waals surface area contributed by atoms with Crippen LogP contribution in [0, 0.1) is 20.8 Å². The van der Waals surface area contributed by atoms with E-state index < -0.39 is 0 Å². The summed E-state index contributed by atoms with van der Waals surface area (Å²) < 4.78 is 0. The van der Waals surface area contributed by atoms with Crippen LogP contribution in [0.4, 0.5) is 5.69 Å². The van der Waals surface area contributed by atoms with Crippen molar-refractivity contribution in [2.75, 3.05) is 5.32 Å². The summed E-state index contributed by atoms with van der Waals surface area (Å²) in [6.45, 7) is 6.30. The van der Waals surface area contributed by atoms with E-state index >= 15 is 0 Å². The van der Waals surface area contributed by atoms with Gasteiger partial charge >= 0.3 is 0 Å². The maximum atomic E-state index is 5.64. The van der Waals surface area contributed by atoms with E-state index in [-0.39, 0.29) is 6.04 Å². The first kappa shape index (κ1) is 18.2. The van der Waals surface area contributed by atoms with Crippen LogP contribution in [-0.4, -0.2) is 5.11 Å². The summed E-state index contributed by atoms with van der Waals surface area (Å²) in [5.41, 5.74) is 7.07. The molecule has 26 heavy (non-hydrogen) atoms. The lowest BCUT2D eigenvalue weighted by Crippen LogP contribution is -2.33. The number of anilines is 1. The molecule has 0 amide bonds. The van der Waals surface area contributed by atoms with Crippen LogP contribution in [0.3, 0.4) is 0 Å². The molecule has 0 radical (unpaired) electrons. The summed E-state index contributed by atoms with van der Waals surface area (Å²) >= 11 is 5.64. The van der Waals surface area contributed by atoms with Crippen molar-refractivity contribution in [2.45, 2.75) is 26.8 Å². The van der Waals surface area contributed by atoms with Crippen LogP contribution in [0.1, 0.15) is 33.9 Å². The zero-order valence-corrected chi connectivity index (χ0v) is 16.2. The molecule has 0 aliphatic heterocycles. The molecule has 0 heterocycles. The molecule has 2 N–H and O–H groups in total. The summed E-state index contributed by atoms with van der Waals surface area (Å²) in [6, 6.07) is 25.2. The first-order valence-electron chi connectivity index (χ1n) is 8.80. The second kappa shape index (κ2) is 8.15. The van der Waals surface area contributed by atoms with Gasteiger partial charge in [0.1, 0.15) is 0 Å². The van der Waals surface area contributed by atoms with E-state index in [1.54, 1.807) is 0 Å². The van der Waals surface area contributed by atoms with Crippen molar-refractivity contribution in [3.05, 3.63) is 101 Å². The Hall–Kier alpha value is -2.65. The molecular formula is C23H24N2S. The van der Waals surface area contributed by atoms with Crippen molar-refractivity contribution < 1.29 is 0 Å². The standard InChI is InChI=1S/C23H24N2S/c1-16-13-14-18(3)21(15-16)24-23(26)25-22(19-10-5-4-6-11-19)20-12-8-7-9-17(20)2/h4-15,22H,1-3H3,(H2,24,25,26)/t22-/m0/s1. The molecule has 3 aromatic carbocycles. The molecular weight excluding hydrogens is 336 g/mol. The van der Waals surface area contributed by atoms with Gasteiger partial charge in [-0.05, 0) is 66.9 Å². The molecule has 0 unspecified atom stereocenters. The molecule has 0 aliphatic rings. The second-order valence-corrected chi connectivity index (χ2v) is 7.03. The number of nitrogens with one attached hydrogen (secondary N) is 2. The number of benzene rings is 3. The van der Waals surface area contributed by atoms with Gasteiger partial charge in [0.25, 0.3) is 0 Å². The average molecular weight is 361 g/mol. The average Bonchev–Trinajstić information content (AvgIpc) is 2.64. The third kappa shape index (κ3) is 4.30. The summed E-state index contributed by atoms with van der Waals surface area (Å²) in [4.78, 5) is 0. The Labute approximate surface area is 161 Å². The van der Waals surface area contributed by atoms with Crippen molar-refractivity contribution in [3.8, 4) is 0 Å². The van der Waals surface area contributed by atoms with Crippen LogP contribution in [0.2, 0.25) is 0 Å². The SMILES string of the molecule is Cc1ccc(C)c(NC(=S)N[C@@H](c2ccccc2)c2ccccc2C)c1. The highest BCUT2D eigenvalue weighted by Crippen LogP contribution is 2.25. The molecule has 0 saturated heterocycles. The second-order valence-electron chi connectivity index (χ2n) is 6.62. The maximum Gasteiger partial charge on any atom is 0.171 e. The lowest BCUT2D eigenvalue weighted by atomic mass is 9.95. The van der Waals surface area contributed by atoms with E-state index in [9.17, 15) is 0 Å². The van der Waals surface area contributed by atoms with E-state index in [0.717, 1.165) is 5.69 Å². The molecule has 0 spiro atoms. The fraction of sp³-hybridized carbons (Fsp3) is 0.174. The van der Waals surface area contributed by atoms with Gasteiger partial charge in [0.15, 0.2) is 5.11 Å². The molecule has 0 saturated carbocycles. The largest absolute Gasteiger partial charge is 0.352 e. The van der Waals surface area contributed by atoms with Crippen LogP contribution in [0.5, 0.6) is 0 Å². The normalized spacial score (nSPS) is 11.7. The highest BCUT2D eigenvalue weighted by Gasteiger charge is 2.17. The summed E-state index contributed by atoms with van der Waals surface area (Å²) in [6.07, 6.45) is 0. The molecule has 3 aromatic rings. The number of hydrogen-bond acceptors (Lipinski definition) is 1. The van der Waals surface area contributed by atoms with E-state index in [4.69, 9.17) is 12.2 Å². The first-order valence-corrected chi connectivity index (χ1v) is 9.20. The third-order valence-corrected chi connectivity index (χ3v) is 4.77. The Morgan fingerprint density at radius 1 is 0.808 bits per heavy atom. The molecule has 2 nitrogen and oxygen atoms in total. The fourth-order valence-electron chi connectivity index (χ4n) is 3.06. The molecule has 132 valence electrons. The topological polar surface area (TPSA) is 24.1 Å². The smallest absolute Gasteiger partial charge is 0.171 e. The van der Waals surface area contributed by atoms with Crippen LogP contribution in [0.15, 0.2) is 72.8 Å². The highest BCUT2D eigenvalue weighted by molar-refractivity contribution is 7.80.